The highest BCUT2D eigenvalue weighted by Gasteiger charge is 2.23. The van der Waals surface area contributed by atoms with Crippen molar-refractivity contribution >= 4 is 45.5 Å². The predicted octanol–water partition coefficient (Wildman–Crippen LogP) is 4.60. The number of hydrogen-bond acceptors (Lipinski definition) is 8. The zero-order valence-corrected chi connectivity index (χ0v) is 18.6. The van der Waals surface area contributed by atoms with Crippen LogP contribution in [0, 0.1) is 0 Å². The van der Waals surface area contributed by atoms with E-state index in [4.69, 9.17) is 14.2 Å². The van der Waals surface area contributed by atoms with Gasteiger partial charge in [0, 0.05) is 22.9 Å². The molecule has 0 atom stereocenters. The van der Waals surface area contributed by atoms with E-state index in [9.17, 15) is 14.4 Å². The molecule has 0 fully saturated rings. The number of ether oxygens (including phenoxy) is 3. The van der Waals surface area contributed by atoms with Crippen LogP contribution in [0.4, 0.5) is 5.00 Å². The van der Waals surface area contributed by atoms with Gasteiger partial charge in [0.15, 0.2) is 6.61 Å². The number of carbonyl (C=O) groups is 3. The van der Waals surface area contributed by atoms with E-state index in [1.807, 2.05) is 17.5 Å². The van der Waals surface area contributed by atoms with Crippen LogP contribution in [0.5, 0.6) is 0 Å². The molecule has 0 bridgehead atoms. The fourth-order valence-corrected chi connectivity index (χ4v) is 4.54. The average molecular weight is 460 g/mol. The molecule has 1 aromatic carbocycles. The SMILES string of the molecule is CCOC(=O)c1c(-c2cccs2)csc1NC(=O)COC(=O)c1ccc(COC)cc1. The molecule has 9 heteroatoms. The zero-order valence-electron chi connectivity index (χ0n) is 17.0. The summed E-state index contributed by atoms with van der Waals surface area (Å²) in [6.45, 7) is 1.89. The Kier molecular flexibility index (Phi) is 7.94. The normalized spacial score (nSPS) is 10.5. The zero-order chi connectivity index (χ0) is 22.2. The van der Waals surface area contributed by atoms with Crippen LogP contribution in [0.2, 0.25) is 0 Å². The summed E-state index contributed by atoms with van der Waals surface area (Å²) in [6, 6.07) is 10.5. The van der Waals surface area contributed by atoms with Crippen molar-refractivity contribution < 1.29 is 28.6 Å². The Bertz CT molecular complexity index is 1040. The molecule has 0 aliphatic heterocycles. The van der Waals surface area contributed by atoms with Crippen molar-refractivity contribution in [2.45, 2.75) is 13.5 Å². The minimum Gasteiger partial charge on any atom is -0.462 e. The maximum Gasteiger partial charge on any atom is 0.341 e. The van der Waals surface area contributed by atoms with Gasteiger partial charge in [-0.3, -0.25) is 4.79 Å². The molecular weight excluding hydrogens is 438 g/mol. The number of amides is 1. The van der Waals surface area contributed by atoms with Crippen LogP contribution < -0.4 is 5.32 Å². The summed E-state index contributed by atoms with van der Waals surface area (Å²) >= 11 is 2.70. The third-order valence-electron chi connectivity index (χ3n) is 4.15. The van der Waals surface area contributed by atoms with Crippen molar-refractivity contribution in [1.29, 1.82) is 0 Å². The van der Waals surface area contributed by atoms with Gasteiger partial charge >= 0.3 is 11.9 Å². The number of rotatable bonds is 9. The van der Waals surface area contributed by atoms with Crippen molar-refractivity contribution in [2.24, 2.45) is 0 Å². The van der Waals surface area contributed by atoms with Gasteiger partial charge in [-0.2, -0.15) is 0 Å². The summed E-state index contributed by atoms with van der Waals surface area (Å²) in [4.78, 5) is 37.9. The first kappa shape index (κ1) is 22.7. The van der Waals surface area contributed by atoms with Gasteiger partial charge in [0.05, 0.1) is 18.8 Å². The lowest BCUT2D eigenvalue weighted by Gasteiger charge is -2.09. The second-order valence-corrected chi connectivity index (χ2v) is 8.13. The number of anilines is 1. The summed E-state index contributed by atoms with van der Waals surface area (Å²) in [7, 11) is 1.59. The van der Waals surface area contributed by atoms with Crippen LogP contribution in [0.15, 0.2) is 47.2 Å². The molecule has 7 nitrogen and oxygen atoms in total. The third kappa shape index (κ3) is 5.78. The van der Waals surface area contributed by atoms with Crippen LogP contribution in [-0.2, 0) is 25.6 Å². The molecule has 3 aromatic rings. The Hall–Kier alpha value is -3.01. The van der Waals surface area contributed by atoms with Gasteiger partial charge < -0.3 is 19.5 Å². The van der Waals surface area contributed by atoms with E-state index in [2.05, 4.69) is 5.32 Å². The van der Waals surface area contributed by atoms with Gasteiger partial charge in [0.2, 0.25) is 0 Å². The highest BCUT2D eigenvalue weighted by atomic mass is 32.1. The lowest BCUT2D eigenvalue weighted by atomic mass is 10.1. The van der Waals surface area contributed by atoms with Crippen LogP contribution in [0.3, 0.4) is 0 Å². The average Bonchev–Trinajstić information content (AvgIpc) is 3.43. The Morgan fingerprint density at radius 2 is 1.77 bits per heavy atom. The Morgan fingerprint density at radius 1 is 1.00 bits per heavy atom. The molecule has 2 aromatic heterocycles. The molecule has 2 heterocycles. The van der Waals surface area contributed by atoms with Crippen molar-refractivity contribution in [2.75, 3.05) is 25.6 Å². The molecule has 0 aliphatic carbocycles. The van der Waals surface area contributed by atoms with Gasteiger partial charge in [0.25, 0.3) is 5.91 Å². The number of thiophene rings is 2. The van der Waals surface area contributed by atoms with Gasteiger partial charge in [-0.05, 0) is 36.1 Å². The molecule has 3 rings (SSSR count). The first-order valence-corrected chi connectivity index (χ1v) is 11.2. The van der Waals surface area contributed by atoms with E-state index in [0.29, 0.717) is 28.3 Å². The monoisotopic (exact) mass is 459 g/mol. The fraction of sp³-hybridized carbons (Fsp3) is 0.227. The Balaban J connectivity index is 1.66. The summed E-state index contributed by atoms with van der Waals surface area (Å²) in [5, 5.41) is 6.71. The van der Waals surface area contributed by atoms with Gasteiger partial charge in [0.1, 0.15) is 10.6 Å². The van der Waals surface area contributed by atoms with Crippen LogP contribution >= 0.6 is 22.7 Å². The molecule has 0 saturated carbocycles. The first-order chi connectivity index (χ1) is 15.0. The molecular formula is C22H21NO6S2. The largest absolute Gasteiger partial charge is 0.462 e. The number of esters is 2. The minimum atomic E-state index is -0.616. The number of methoxy groups -OCH3 is 1. The van der Waals surface area contributed by atoms with E-state index in [0.717, 1.165) is 10.4 Å². The lowest BCUT2D eigenvalue weighted by molar-refractivity contribution is -0.119. The highest BCUT2D eigenvalue weighted by Crippen LogP contribution is 2.38. The highest BCUT2D eigenvalue weighted by molar-refractivity contribution is 7.17. The fourth-order valence-electron chi connectivity index (χ4n) is 2.75. The number of hydrogen-bond donors (Lipinski definition) is 1. The Morgan fingerprint density at radius 3 is 2.42 bits per heavy atom. The second kappa shape index (κ2) is 10.9. The summed E-state index contributed by atoms with van der Waals surface area (Å²) < 4.78 is 15.3. The van der Waals surface area contributed by atoms with Gasteiger partial charge in [-0.1, -0.05) is 18.2 Å². The van der Waals surface area contributed by atoms with Crippen molar-refractivity contribution in [1.82, 2.24) is 0 Å². The summed E-state index contributed by atoms with van der Waals surface area (Å²) in [6.07, 6.45) is 0. The lowest BCUT2D eigenvalue weighted by Crippen LogP contribution is -2.21. The van der Waals surface area contributed by atoms with Crippen LogP contribution in [0.1, 0.15) is 33.2 Å². The first-order valence-electron chi connectivity index (χ1n) is 9.40. The van der Waals surface area contributed by atoms with E-state index in [-0.39, 0.29) is 6.61 Å². The molecule has 162 valence electrons. The summed E-state index contributed by atoms with van der Waals surface area (Å²) in [5.41, 5.74) is 2.24. The number of benzene rings is 1. The number of carbonyl (C=O) groups excluding carboxylic acids is 3. The molecule has 1 N–H and O–H groups in total. The summed E-state index contributed by atoms with van der Waals surface area (Å²) in [5.74, 6) is -1.68. The molecule has 0 saturated heterocycles. The van der Waals surface area contributed by atoms with E-state index in [1.54, 1.807) is 43.7 Å². The number of nitrogens with one attached hydrogen (secondary N) is 1. The van der Waals surface area contributed by atoms with Crippen molar-refractivity contribution in [3.05, 3.63) is 63.8 Å². The smallest absolute Gasteiger partial charge is 0.341 e. The molecule has 0 unspecified atom stereocenters. The molecule has 0 radical (unpaired) electrons. The minimum absolute atomic E-state index is 0.215. The predicted molar refractivity (Wildman–Crippen MR) is 120 cm³/mol. The third-order valence-corrected chi connectivity index (χ3v) is 5.94. The molecule has 31 heavy (non-hydrogen) atoms. The quantitative estimate of drug-likeness (QED) is 0.471. The van der Waals surface area contributed by atoms with Gasteiger partial charge in [-0.25, -0.2) is 9.59 Å². The van der Waals surface area contributed by atoms with E-state index in [1.165, 1.54) is 22.7 Å². The van der Waals surface area contributed by atoms with E-state index < -0.39 is 24.5 Å². The van der Waals surface area contributed by atoms with Crippen LogP contribution in [-0.4, -0.2) is 38.2 Å². The molecule has 1 amide bonds. The molecule has 0 aliphatic rings. The molecule has 0 spiro atoms. The van der Waals surface area contributed by atoms with Gasteiger partial charge in [-0.15, -0.1) is 22.7 Å². The Labute approximate surface area is 187 Å². The van der Waals surface area contributed by atoms with E-state index >= 15 is 0 Å². The topological polar surface area (TPSA) is 90.9 Å². The maximum atomic E-state index is 12.5. The van der Waals surface area contributed by atoms with Crippen molar-refractivity contribution in [3.8, 4) is 10.4 Å². The van der Waals surface area contributed by atoms with Crippen LogP contribution in [0.25, 0.3) is 10.4 Å². The second-order valence-electron chi connectivity index (χ2n) is 6.31. The maximum absolute atomic E-state index is 12.5. The van der Waals surface area contributed by atoms with Crippen molar-refractivity contribution in [3.63, 3.8) is 0 Å². The standard InChI is InChI=1S/C22H21NO6S2/c1-3-28-22(26)19-16(17-5-4-10-30-17)13-31-20(19)23-18(24)12-29-21(25)15-8-6-14(7-9-15)11-27-2/h4-10,13H,3,11-12H2,1-2H3,(H,23,24).